The van der Waals surface area contributed by atoms with Gasteiger partial charge in [0.25, 0.3) is 0 Å². The Labute approximate surface area is 81.5 Å². The van der Waals surface area contributed by atoms with Gasteiger partial charge in [-0.3, -0.25) is 4.79 Å². The number of nitrogens with zero attached hydrogens (tertiary/aromatic N) is 1. The third-order valence-corrected chi connectivity index (χ3v) is 2.50. The van der Waals surface area contributed by atoms with E-state index in [9.17, 15) is 4.79 Å². The van der Waals surface area contributed by atoms with E-state index in [-0.39, 0.29) is 11.8 Å². The Balaban J connectivity index is 2.22. The van der Waals surface area contributed by atoms with Crippen LogP contribution in [0.3, 0.4) is 0 Å². The number of carbonyl (C=O) groups is 1. The molecule has 0 amide bonds. The normalized spacial score (nSPS) is 24.4. The predicted octanol–water partition coefficient (Wildman–Crippen LogP) is 1.28. The maximum Gasteiger partial charge on any atom is 0.307 e. The first-order chi connectivity index (χ1) is 6.74. The minimum atomic E-state index is -0.735. The maximum absolute atomic E-state index is 10.7. The number of methoxy groups -OCH3 is 1. The topological polar surface area (TPSA) is 59.4 Å². The van der Waals surface area contributed by atoms with E-state index in [0.29, 0.717) is 12.3 Å². The van der Waals surface area contributed by atoms with Crippen LogP contribution < -0.4 is 4.74 Å². The molecular formula is C10H11NO3. The Morgan fingerprint density at radius 1 is 1.71 bits per heavy atom. The molecule has 1 aromatic heterocycles. The van der Waals surface area contributed by atoms with E-state index in [2.05, 4.69) is 4.98 Å². The van der Waals surface area contributed by atoms with Crippen molar-refractivity contribution >= 4 is 5.97 Å². The molecule has 0 saturated heterocycles. The Hall–Kier alpha value is -1.58. The molecule has 0 aliphatic heterocycles. The molecule has 0 spiro atoms. The largest absolute Gasteiger partial charge is 0.481 e. The lowest BCUT2D eigenvalue weighted by Gasteiger charge is -2.04. The number of hydrogen-bond donors (Lipinski definition) is 1. The van der Waals surface area contributed by atoms with Gasteiger partial charge in [0.15, 0.2) is 0 Å². The van der Waals surface area contributed by atoms with Crippen LogP contribution in [0.15, 0.2) is 18.3 Å². The van der Waals surface area contributed by atoms with Crippen LogP contribution in [0.5, 0.6) is 5.88 Å². The van der Waals surface area contributed by atoms with E-state index in [0.717, 1.165) is 5.56 Å². The Bertz CT molecular complexity index is 364. The number of pyridine rings is 1. The lowest BCUT2D eigenvalue weighted by atomic mass is 10.1. The Kier molecular flexibility index (Phi) is 2.11. The maximum atomic E-state index is 10.7. The first kappa shape index (κ1) is 8.99. The highest BCUT2D eigenvalue weighted by Gasteiger charge is 2.45. The molecule has 4 nitrogen and oxygen atoms in total. The summed E-state index contributed by atoms with van der Waals surface area (Å²) in [6, 6.07) is 3.68. The van der Waals surface area contributed by atoms with Crippen molar-refractivity contribution in [3.05, 3.63) is 23.9 Å². The quantitative estimate of drug-likeness (QED) is 0.785. The van der Waals surface area contributed by atoms with Gasteiger partial charge in [-0.15, -0.1) is 0 Å². The number of aromatic nitrogens is 1. The summed E-state index contributed by atoms with van der Waals surface area (Å²) in [4.78, 5) is 14.7. The molecule has 1 aromatic rings. The number of aliphatic carboxylic acids is 1. The minimum Gasteiger partial charge on any atom is -0.481 e. The third-order valence-electron chi connectivity index (χ3n) is 2.50. The van der Waals surface area contributed by atoms with Crippen molar-refractivity contribution in [3.8, 4) is 5.88 Å². The number of rotatable bonds is 3. The molecule has 0 aromatic carbocycles. The Morgan fingerprint density at radius 3 is 3.07 bits per heavy atom. The third kappa shape index (κ3) is 1.43. The fraction of sp³-hybridized carbons (Fsp3) is 0.400. The second-order valence-electron chi connectivity index (χ2n) is 3.39. The summed E-state index contributed by atoms with van der Waals surface area (Å²) >= 11 is 0. The molecule has 1 aliphatic carbocycles. The van der Waals surface area contributed by atoms with Gasteiger partial charge >= 0.3 is 5.97 Å². The second kappa shape index (κ2) is 3.29. The number of carboxylic acids is 1. The standard InChI is InChI=1S/C10H11NO3/c1-14-9-6(3-2-4-11-9)7-5-8(7)10(12)13/h2-4,7-8H,5H2,1H3,(H,12,13)/t7-,8+/m0/s1. The van der Waals surface area contributed by atoms with Crippen LogP contribution in [0.25, 0.3) is 0 Å². The van der Waals surface area contributed by atoms with E-state index in [1.807, 2.05) is 6.07 Å². The van der Waals surface area contributed by atoms with Crippen molar-refractivity contribution in [2.45, 2.75) is 12.3 Å². The molecule has 1 fully saturated rings. The summed E-state index contributed by atoms with van der Waals surface area (Å²) in [6.07, 6.45) is 2.33. The summed E-state index contributed by atoms with van der Waals surface area (Å²) in [6.45, 7) is 0. The molecule has 74 valence electrons. The second-order valence-corrected chi connectivity index (χ2v) is 3.39. The van der Waals surface area contributed by atoms with Crippen LogP contribution in [0, 0.1) is 5.92 Å². The number of carboxylic acid groups (broad SMARTS) is 1. The fourth-order valence-electron chi connectivity index (χ4n) is 1.67. The van der Waals surface area contributed by atoms with Gasteiger partial charge in [0.05, 0.1) is 13.0 Å². The van der Waals surface area contributed by atoms with Gasteiger partial charge in [-0.2, -0.15) is 0 Å². The number of hydrogen-bond acceptors (Lipinski definition) is 3. The van der Waals surface area contributed by atoms with Crippen molar-refractivity contribution in [2.75, 3.05) is 7.11 Å². The highest BCUT2D eigenvalue weighted by atomic mass is 16.5. The molecule has 4 heteroatoms. The van der Waals surface area contributed by atoms with Crippen molar-refractivity contribution in [2.24, 2.45) is 5.92 Å². The first-order valence-corrected chi connectivity index (χ1v) is 4.45. The van der Waals surface area contributed by atoms with Crippen molar-refractivity contribution < 1.29 is 14.6 Å². The SMILES string of the molecule is COc1ncccc1[C@@H]1C[C@H]1C(=O)O. The monoisotopic (exact) mass is 193 g/mol. The van der Waals surface area contributed by atoms with Crippen LogP contribution in [0.2, 0.25) is 0 Å². The lowest BCUT2D eigenvalue weighted by Crippen LogP contribution is -2.00. The van der Waals surface area contributed by atoms with E-state index < -0.39 is 5.97 Å². The molecule has 1 saturated carbocycles. The van der Waals surface area contributed by atoms with Crippen LogP contribution in [0.4, 0.5) is 0 Å². The van der Waals surface area contributed by atoms with Gasteiger partial charge in [-0.1, -0.05) is 6.07 Å². The van der Waals surface area contributed by atoms with E-state index >= 15 is 0 Å². The molecule has 0 unspecified atom stereocenters. The van der Waals surface area contributed by atoms with Gasteiger partial charge in [0, 0.05) is 17.7 Å². The molecule has 0 bridgehead atoms. The summed E-state index contributed by atoms with van der Waals surface area (Å²) in [5.41, 5.74) is 0.905. The van der Waals surface area contributed by atoms with Crippen LogP contribution in [-0.4, -0.2) is 23.2 Å². The van der Waals surface area contributed by atoms with E-state index in [1.54, 1.807) is 19.4 Å². The summed E-state index contributed by atoms with van der Waals surface area (Å²) in [5, 5.41) is 8.79. The zero-order valence-electron chi connectivity index (χ0n) is 7.80. The van der Waals surface area contributed by atoms with Gasteiger partial charge in [0.2, 0.25) is 5.88 Å². The van der Waals surface area contributed by atoms with Gasteiger partial charge in [0.1, 0.15) is 0 Å². The molecule has 14 heavy (non-hydrogen) atoms. The molecule has 0 radical (unpaired) electrons. The smallest absolute Gasteiger partial charge is 0.307 e. The average Bonchev–Trinajstić information content (AvgIpc) is 2.97. The zero-order valence-corrected chi connectivity index (χ0v) is 7.80. The van der Waals surface area contributed by atoms with Crippen molar-refractivity contribution in [1.82, 2.24) is 4.98 Å². The average molecular weight is 193 g/mol. The van der Waals surface area contributed by atoms with Crippen LogP contribution in [-0.2, 0) is 4.79 Å². The molecule has 1 N–H and O–H groups in total. The van der Waals surface area contributed by atoms with Crippen molar-refractivity contribution in [1.29, 1.82) is 0 Å². The summed E-state index contributed by atoms with van der Waals surface area (Å²) < 4.78 is 5.07. The predicted molar refractivity (Wildman–Crippen MR) is 49.3 cm³/mol. The zero-order chi connectivity index (χ0) is 10.1. The molecular weight excluding hydrogens is 182 g/mol. The highest BCUT2D eigenvalue weighted by Crippen LogP contribution is 2.49. The van der Waals surface area contributed by atoms with Crippen LogP contribution in [0.1, 0.15) is 17.9 Å². The van der Waals surface area contributed by atoms with Crippen LogP contribution >= 0.6 is 0 Å². The van der Waals surface area contributed by atoms with Gasteiger partial charge in [-0.25, -0.2) is 4.98 Å². The fourth-order valence-corrected chi connectivity index (χ4v) is 1.67. The minimum absolute atomic E-state index is 0.0798. The number of ether oxygens (including phenoxy) is 1. The summed E-state index contributed by atoms with van der Waals surface area (Å²) in [7, 11) is 1.55. The van der Waals surface area contributed by atoms with E-state index in [1.165, 1.54) is 0 Å². The van der Waals surface area contributed by atoms with E-state index in [4.69, 9.17) is 9.84 Å². The summed E-state index contributed by atoms with van der Waals surface area (Å²) in [5.74, 6) is -0.369. The first-order valence-electron chi connectivity index (χ1n) is 4.45. The molecule has 1 aliphatic rings. The van der Waals surface area contributed by atoms with Gasteiger partial charge in [-0.05, 0) is 12.5 Å². The molecule has 1 heterocycles. The van der Waals surface area contributed by atoms with Crippen molar-refractivity contribution in [3.63, 3.8) is 0 Å². The van der Waals surface area contributed by atoms with Gasteiger partial charge < -0.3 is 9.84 Å². The molecule has 2 atom stereocenters. The lowest BCUT2D eigenvalue weighted by molar-refractivity contribution is -0.138. The molecule has 2 rings (SSSR count). The highest BCUT2D eigenvalue weighted by molar-refractivity contribution is 5.75. The Morgan fingerprint density at radius 2 is 2.50 bits per heavy atom.